The number of nitrogens with zero attached hydrogens (tertiary/aromatic N) is 1. The number of likely N-dealkylation sites (N-methyl/N-ethyl adjacent to an activating group) is 1. The molecular weight excluding hydrogens is 332 g/mol. The minimum absolute atomic E-state index is 0.0910. The maximum absolute atomic E-state index is 5.74. The molecular formula is C16H21BrN2O2. The smallest absolute Gasteiger partial charge is 0.169 e. The second-order valence-corrected chi connectivity index (χ2v) is 5.97. The summed E-state index contributed by atoms with van der Waals surface area (Å²) in [6.07, 6.45) is 0. The molecule has 1 heterocycles. The number of hydrogen-bond donors (Lipinski definition) is 1. The fraction of sp³-hybridized carbons (Fsp3) is 0.375. The van der Waals surface area contributed by atoms with E-state index in [0.29, 0.717) is 6.61 Å². The number of hydrogen-bond acceptors (Lipinski definition) is 4. The minimum Gasteiger partial charge on any atom is -0.492 e. The standard InChI is InChI=1S/C16H21BrN2O2/c1-12(15-7-8-16(17)21-15)18-13-5-4-6-14(11-13)20-10-9-19(2)3/h4-8,11-12,18H,9-10H2,1-3H3. The van der Waals surface area contributed by atoms with Crippen LogP contribution in [0.15, 0.2) is 45.5 Å². The molecule has 0 aliphatic heterocycles. The zero-order valence-electron chi connectivity index (χ0n) is 12.6. The van der Waals surface area contributed by atoms with Gasteiger partial charge in [-0.05, 0) is 61.2 Å². The Labute approximate surface area is 134 Å². The number of anilines is 1. The van der Waals surface area contributed by atoms with E-state index in [1.54, 1.807) is 0 Å². The van der Waals surface area contributed by atoms with Gasteiger partial charge in [-0.1, -0.05) is 6.07 Å². The van der Waals surface area contributed by atoms with Crippen LogP contribution in [0.1, 0.15) is 18.7 Å². The van der Waals surface area contributed by atoms with Gasteiger partial charge in [0.2, 0.25) is 0 Å². The Hall–Kier alpha value is -1.46. The SMILES string of the molecule is CC(Nc1cccc(OCCN(C)C)c1)c1ccc(Br)o1. The van der Waals surface area contributed by atoms with Crippen molar-refractivity contribution in [2.45, 2.75) is 13.0 Å². The molecule has 5 heteroatoms. The lowest BCUT2D eigenvalue weighted by Gasteiger charge is -2.15. The van der Waals surface area contributed by atoms with E-state index in [-0.39, 0.29) is 6.04 Å². The molecule has 0 aliphatic rings. The highest BCUT2D eigenvalue weighted by atomic mass is 79.9. The summed E-state index contributed by atoms with van der Waals surface area (Å²) in [6.45, 7) is 3.64. The van der Waals surface area contributed by atoms with Gasteiger partial charge in [-0.3, -0.25) is 0 Å². The van der Waals surface area contributed by atoms with Gasteiger partial charge in [0, 0.05) is 18.3 Å². The molecule has 1 aromatic heterocycles. The van der Waals surface area contributed by atoms with Crippen LogP contribution < -0.4 is 10.1 Å². The highest BCUT2D eigenvalue weighted by Crippen LogP contribution is 2.25. The first kappa shape index (κ1) is 15.9. The third kappa shape index (κ3) is 5.10. The quantitative estimate of drug-likeness (QED) is 0.811. The molecule has 0 aliphatic carbocycles. The number of furan rings is 1. The minimum atomic E-state index is 0.0910. The van der Waals surface area contributed by atoms with E-state index in [4.69, 9.17) is 9.15 Å². The molecule has 0 radical (unpaired) electrons. The van der Waals surface area contributed by atoms with Gasteiger partial charge >= 0.3 is 0 Å². The maximum Gasteiger partial charge on any atom is 0.169 e. The second kappa shape index (κ2) is 7.52. The lowest BCUT2D eigenvalue weighted by molar-refractivity contribution is 0.261. The summed E-state index contributed by atoms with van der Waals surface area (Å²) in [5.41, 5.74) is 1.01. The van der Waals surface area contributed by atoms with Gasteiger partial charge in [-0.2, -0.15) is 0 Å². The van der Waals surface area contributed by atoms with Gasteiger partial charge in [0.1, 0.15) is 18.1 Å². The van der Waals surface area contributed by atoms with Gasteiger partial charge in [-0.25, -0.2) is 0 Å². The molecule has 1 N–H and O–H groups in total. The van der Waals surface area contributed by atoms with Crippen LogP contribution in [0.3, 0.4) is 0 Å². The summed E-state index contributed by atoms with van der Waals surface area (Å²) in [5.74, 6) is 1.76. The van der Waals surface area contributed by atoms with Crippen LogP contribution in [0.5, 0.6) is 5.75 Å². The molecule has 114 valence electrons. The van der Waals surface area contributed by atoms with Crippen LogP contribution in [-0.4, -0.2) is 32.1 Å². The lowest BCUT2D eigenvalue weighted by Crippen LogP contribution is -2.19. The van der Waals surface area contributed by atoms with E-state index in [1.165, 1.54) is 0 Å². The molecule has 2 aromatic rings. The summed E-state index contributed by atoms with van der Waals surface area (Å²) in [4.78, 5) is 2.10. The van der Waals surface area contributed by atoms with Gasteiger partial charge < -0.3 is 19.4 Å². The van der Waals surface area contributed by atoms with E-state index in [1.807, 2.05) is 50.5 Å². The van der Waals surface area contributed by atoms with Crippen molar-refractivity contribution in [2.75, 3.05) is 32.6 Å². The molecule has 1 aromatic carbocycles. The van der Waals surface area contributed by atoms with Crippen LogP contribution >= 0.6 is 15.9 Å². The Morgan fingerprint density at radius 3 is 2.76 bits per heavy atom. The average molecular weight is 353 g/mol. The number of halogens is 1. The summed E-state index contributed by atoms with van der Waals surface area (Å²) in [7, 11) is 4.06. The lowest BCUT2D eigenvalue weighted by atomic mass is 10.2. The van der Waals surface area contributed by atoms with Gasteiger partial charge in [0.05, 0.1) is 6.04 Å². The van der Waals surface area contributed by atoms with Crippen molar-refractivity contribution in [2.24, 2.45) is 0 Å². The zero-order chi connectivity index (χ0) is 15.2. The van der Waals surface area contributed by atoms with E-state index in [2.05, 4.69) is 33.1 Å². The van der Waals surface area contributed by atoms with Gasteiger partial charge in [-0.15, -0.1) is 0 Å². The number of ether oxygens (including phenoxy) is 1. The van der Waals surface area contributed by atoms with E-state index < -0.39 is 0 Å². The Bertz CT molecular complexity index is 569. The number of rotatable bonds is 7. The van der Waals surface area contributed by atoms with Crippen LogP contribution in [0.2, 0.25) is 0 Å². The second-order valence-electron chi connectivity index (χ2n) is 5.19. The Balaban J connectivity index is 1.94. The third-order valence-electron chi connectivity index (χ3n) is 3.05. The fourth-order valence-electron chi connectivity index (χ4n) is 1.90. The predicted octanol–water partition coefficient (Wildman–Crippen LogP) is 4.16. The Morgan fingerprint density at radius 2 is 2.10 bits per heavy atom. The van der Waals surface area contributed by atoms with Crippen molar-refractivity contribution in [1.82, 2.24) is 4.90 Å². The molecule has 0 fully saturated rings. The Morgan fingerprint density at radius 1 is 1.29 bits per heavy atom. The average Bonchev–Trinajstić information content (AvgIpc) is 2.85. The largest absolute Gasteiger partial charge is 0.492 e. The zero-order valence-corrected chi connectivity index (χ0v) is 14.2. The van der Waals surface area contributed by atoms with Crippen molar-refractivity contribution in [3.05, 3.63) is 46.8 Å². The van der Waals surface area contributed by atoms with E-state index in [0.717, 1.165) is 28.4 Å². The number of nitrogens with one attached hydrogen (secondary N) is 1. The molecule has 0 spiro atoms. The number of benzene rings is 1. The van der Waals surface area contributed by atoms with Crippen LogP contribution in [0, 0.1) is 0 Å². The molecule has 0 saturated carbocycles. The first-order valence-corrected chi connectivity index (χ1v) is 7.73. The van der Waals surface area contributed by atoms with Crippen molar-refractivity contribution in [3.8, 4) is 5.75 Å². The summed E-state index contributed by atoms with van der Waals surface area (Å²) >= 11 is 3.32. The molecule has 2 rings (SSSR count). The third-order valence-corrected chi connectivity index (χ3v) is 3.47. The molecule has 0 saturated heterocycles. The Kier molecular flexibility index (Phi) is 5.70. The molecule has 21 heavy (non-hydrogen) atoms. The topological polar surface area (TPSA) is 37.6 Å². The summed E-state index contributed by atoms with van der Waals surface area (Å²) in [5, 5.41) is 3.41. The van der Waals surface area contributed by atoms with Crippen molar-refractivity contribution >= 4 is 21.6 Å². The van der Waals surface area contributed by atoms with Crippen LogP contribution in [0.4, 0.5) is 5.69 Å². The molecule has 4 nitrogen and oxygen atoms in total. The maximum atomic E-state index is 5.74. The highest BCUT2D eigenvalue weighted by Gasteiger charge is 2.10. The molecule has 1 atom stereocenters. The van der Waals surface area contributed by atoms with Gasteiger partial charge in [0.25, 0.3) is 0 Å². The normalized spacial score (nSPS) is 12.4. The molecule has 0 bridgehead atoms. The highest BCUT2D eigenvalue weighted by molar-refractivity contribution is 9.10. The van der Waals surface area contributed by atoms with E-state index in [9.17, 15) is 0 Å². The monoisotopic (exact) mass is 352 g/mol. The summed E-state index contributed by atoms with van der Waals surface area (Å²) in [6, 6.07) is 11.9. The molecule has 1 unspecified atom stereocenters. The predicted molar refractivity (Wildman–Crippen MR) is 88.9 cm³/mol. The van der Waals surface area contributed by atoms with Gasteiger partial charge in [0.15, 0.2) is 4.67 Å². The van der Waals surface area contributed by atoms with Crippen LogP contribution in [0.25, 0.3) is 0 Å². The first-order valence-electron chi connectivity index (χ1n) is 6.94. The summed E-state index contributed by atoms with van der Waals surface area (Å²) < 4.78 is 12.0. The first-order chi connectivity index (χ1) is 10.0. The molecule has 0 amide bonds. The van der Waals surface area contributed by atoms with Crippen molar-refractivity contribution in [1.29, 1.82) is 0 Å². The van der Waals surface area contributed by atoms with Crippen LogP contribution in [-0.2, 0) is 0 Å². The van der Waals surface area contributed by atoms with Crippen molar-refractivity contribution in [3.63, 3.8) is 0 Å². The fourth-order valence-corrected chi connectivity index (χ4v) is 2.22. The van der Waals surface area contributed by atoms with E-state index >= 15 is 0 Å². The van der Waals surface area contributed by atoms with Crippen molar-refractivity contribution < 1.29 is 9.15 Å².